The van der Waals surface area contributed by atoms with Gasteiger partial charge in [-0.15, -0.1) is 0 Å². The van der Waals surface area contributed by atoms with Crippen molar-refractivity contribution in [2.75, 3.05) is 21.3 Å². The number of esters is 2. The van der Waals surface area contributed by atoms with Crippen molar-refractivity contribution in [1.82, 2.24) is 0 Å². The third kappa shape index (κ3) is 4.45. The Balaban J connectivity index is 2.28. The molecule has 0 radical (unpaired) electrons. The fourth-order valence-corrected chi connectivity index (χ4v) is 3.06. The number of methoxy groups -OCH3 is 3. The monoisotopic (exact) mass is 428 g/mol. The van der Waals surface area contributed by atoms with E-state index >= 15 is 0 Å². The van der Waals surface area contributed by atoms with E-state index in [4.69, 9.17) is 28.1 Å². The Bertz CT molecular complexity index is 1200. The van der Waals surface area contributed by atoms with Crippen LogP contribution in [0.1, 0.15) is 13.8 Å². The molecule has 0 aliphatic rings. The summed E-state index contributed by atoms with van der Waals surface area (Å²) in [6.45, 7) is 2.45. The van der Waals surface area contributed by atoms with E-state index in [1.165, 1.54) is 53.4 Å². The van der Waals surface area contributed by atoms with Gasteiger partial charge in [-0.1, -0.05) is 0 Å². The number of fused-ring (bicyclic) bond motifs is 1. The van der Waals surface area contributed by atoms with Gasteiger partial charge in [0.25, 0.3) is 0 Å². The number of ether oxygens (including phenoxy) is 5. The Morgan fingerprint density at radius 1 is 0.774 bits per heavy atom. The van der Waals surface area contributed by atoms with E-state index < -0.39 is 17.6 Å². The first kappa shape index (κ1) is 21.7. The normalized spacial score (nSPS) is 10.5. The fourth-order valence-electron chi connectivity index (χ4n) is 3.06. The van der Waals surface area contributed by atoms with Crippen molar-refractivity contribution in [2.45, 2.75) is 13.8 Å². The van der Waals surface area contributed by atoms with Gasteiger partial charge in [0.15, 0.2) is 11.5 Å². The third-order valence-electron chi connectivity index (χ3n) is 4.28. The molecule has 0 spiro atoms. The Labute approximate surface area is 177 Å². The second kappa shape index (κ2) is 8.78. The van der Waals surface area contributed by atoms with Crippen LogP contribution in [-0.2, 0) is 9.59 Å². The van der Waals surface area contributed by atoms with Crippen LogP contribution in [-0.4, -0.2) is 33.3 Å². The highest BCUT2D eigenvalue weighted by Gasteiger charge is 2.19. The minimum atomic E-state index is -0.671. The molecule has 1 aromatic heterocycles. The van der Waals surface area contributed by atoms with Crippen LogP contribution in [0.4, 0.5) is 0 Å². The maximum absolute atomic E-state index is 12.8. The molecule has 162 valence electrons. The smallest absolute Gasteiger partial charge is 0.344 e. The van der Waals surface area contributed by atoms with E-state index in [0.29, 0.717) is 28.2 Å². The van der Waals surface area contributed by atoms with E-state index in [1.807, 2.05) is 0 Å². The van der Waals surface area contributed by atoms with E-state index in [9.17, 15) is 14.4 Å². The molecule has 0 bridgehead atoms. The van der Waals surface area contributed by atoms with E-state index in [-0.39, 0.29) is 22.6 Å². The summed E-state index contributed by atoms with van der Waals surface area (Å²) in [7, 11) is 4.38. The Hall–Kier alpha value is -4.01. The lowest BCUT2D eigenvalue weighted by Gasteiger charge is -2.14. The third-order valence-corrected chi connectivity index (χ3v) is 4.28. The molecular weight excluding hydrogens is 408 g/mol. The minimum Gasteiger partial charge on any atom is -0.493 e. The first-order chi connectivity index (χ1) is 14.8. The second-order valence-corrected chi connectivity index (χ2v) is 6.38. The second-order valence-electron chi connectivity index (χ2n) is 6.38. The zero-order valence-electron chi connectivity index (χ0n) is 17.6. The highest BCUT2D eigenvalue weighted by molar-refractivity contribution is 5.91. The summed E-state index contributed by atoms with van der Waals surface area (Å²) in [6, 6.07) is 7.43. The SMILES string of the molecule is COc1cc(-c2cc3c(OC(C)=O)cc(OC(C)=O)cc3oc2=O)cc(OC)c1OC. The quantitative estimate of drug-likeness (QED) is 0.332. The van der Waals surface area contributed by atoms with Crippen LogP contribution in [0.2, 0.25) is 0 Å². The highest BCUT2D eigenvalue weighted by Crippen LogP contribution is 2.41. The molecule has 2 aromatic carbocycles. The van der Waals surface area contributed by atoms with Gasteiger partial charge in [0.05, 0.1) is 32.3 Å². The summed E-state index contributed by atoms with van der Waals surface area (Å²) < 4.78 is 31.7. The Kier molecular flexibility index (Phi) is 6.15. The van der Waals surface area contributed by atoms with Crippen molar-refractivity contribution < 1.29 is 37.7 Å². The lowest BCUT2D eigenvalue weighted by molar-refractivity contribution is -0.132. The molecule has 3 rings (SSSR count). The molecule has 0 unspecified atom stereocenters. The largest absolute Gasteiger partial charge is 0.493 e. The van der Waals surface area contributed by atoms with Crippen LogP contribution >= 0.6 is 0 Å². The van der Waals surface area contributed by atoms with Gasteiger partial charge in [-0.3, -0.25) is 9.59 Å². The van der Waals surface area contributed by atoms with E-state index in [0.717, 1.165) is 0 Å². The van der Waals surface area contributed by atoms with Gasteiger partial charge in [0.2, 0.25) is 5.75 Å². The average molecular weight is 428 g/mol. The predicted molar refractivity (Wildman–Crippen MR) is 110 cm³/mol. The molecule has 9 nitrogen and oxygen atoms in total. The minimum absolute atomic E-state index is 0.0682. The summed E-state index contributed by atoms with van der Waals surface area (Å²) >= 11 is 0. The molecule has 0 fully saturated rings. The van der Waals surface area contributed by atoms with Gasteiger partial charge in [-0.2, -0.15) is 0 Å². The summed E-state index contributed by atoms with van der Waals surface area (Å²) in [4.78, 5) is 35.6. The standard InChI is InChI=1S/C22H20O9/c1-11(23)29-14-8-17(30-12(2)24)16-10-15(22(25)31-18(16)9-14)13-6-19(26-3)21(28-5)20(7-13)27-4/h6-10H,1-5H3. The summed E-state index contributed by atoms with van der Waals surface area (Å²) in [5.74, 6) is 0.0269. The molecule has 9 heteroatoms. The van der Waals surface area contributed by atoms with E-state index in [1.54, 1.807) is 12.1 Å². The summed E-state index contributed by atoms with van der Waals surface area (Å²) in [5, 5.41) is 0.328. The Morgan fingerprint density at radius 3 is 1.90 bits per heavy atom. The molecule has 1 heterocycles. The van der Waals surface area contributed by atoms with Crippen LogP contribution in [0.15, 0.2) is 39.5 Å². The number of hydrogen-bond acceptors (Lipinski definition) is 9. The van der Waals surface area contributed by atoms with Crippen LogP contribution in [0.3, 0.4) is 0 Å². The number of carbonyl (C=O) groups excluding carboxylic acids is 2. The van der Waals surface area contributed by atoms with Crippen LogP contribution in [0, 0.1) is 0 Å². The maximum atomic E-state index is 12.8. The zero-order chi connectivity index (χ0) is 22.7. The molecule has 31 heavy (non-hydrogen) atoms. The van der Waals surface area contributed by atoms with Crippen molar-refractivity contribution in [3.8, 4) is 39.9 Å². The van der Waals surface area contributed by atoms with Gasteiger partial charge < -0.3 is 28.1 Å². The van der Waals surface area contributed by atoms with Gasteiger partial charge in [0.1, 0.15) is 17.1 Å². The molecule has 0 aliphatic heterocycles. The van der Waals surface area contributed by atoms with Crippen molar-refractivity contribution >= 4 is 22.9 Å². The van der Waals surface area contributed by atoms with Gasteiger partial charge >= 0.3 is 17.6 Å². The number of benzene rings is 2. The maximum Gasteiger partial charge on any atom is 0.344 e. The predicted octanol–water partition coefficient (Wildman–Crippen LogP) is 3.34. The summed E-state index contributed by atoms with van der Waals surface area (Å²) in [5.41, 5.74) is 0.00935. The molecule has 0 aliphatic carbocycles. The first-order valence-corrected chi connectivity index (χ1v) is 9.06. The van der Waals surface area contributed by atoms with Crippen molar-refractivity contribution in [3.05, 3.63) is 40.8 Å². The van der Waals surface area contributed by atoms with E-state index in [2.05, 4.69) is 0 Å². The molecule has 0 saturated heterocycles. The molecule has 3 aromatic rings. The van der Waals surface area contributed by atoms with Crippen molar-refractivity contribution in [1.29, 1.82) is 0 Å². The van der Waals surface area contributed by atoms with Gasteiger partial charge in [-0.05, 0) is 23.8 Å². The Morgan fingerprint density at radius 2 is 1.39 bits per heavy atom. The number of hydrogen-bond donors (Lipinski definition) is 0. The topological polar surface area (TPSA) is 110 Å². The molecule has 0 atom stereocenters. The zero-order valence-corrected chi connectivity index (χ0v) is 17.6. The molecular formula is C22H20O9. The van der Waals surface area contributed by atoms with Crippen LogP contribution in [0.25, 0.3) is 22.1 Å². The number of carbonyl (C=O) groups is 2. The van der Waals surface area contributed by atoms with Crippen molar-refractivity contribution in [2.24, 2.45) is 0 Å². The van der Waals surface area contributed by atoms with Gasteiger partial charge in [0, 0.05) is 26.0 Å². The van der Waals surface area contributed by atoms with Crippen LogP contribution in [0.5, 0.6) is 28.7 Å². The summed E-state index contributed by atoms with van der Waals surface area (Å²) in [6.07, 6.45) is 0. The highest BCUT2D eigenvalue weighted by atomic mass is 16.5. The number of rotatable bonds is 6. The van der Waals surface area contributed by atoms with Gasteiger partial charge in [-0.25, -0.2) is 4.79 Å². The fraction of sp³-hybridized carbons (Fsp3) is 0.227. The van der Waals surface area contributed by atoms with Crippen molar-refractivity contribution in [3.63, 3.8) is 0 Å². The molecule has 0 saturated carbocycles. The first-order valence-electron chi connectivity index (χ1n) is 9.06. The average Bonchev–Trinajstić information content (AvgIpc) is 2.71. The molecule has 0 N–H and O–H groups in total. The van der Waals surface area contributed by atoms with Crippen LogP contribution < -0.4 is 29.3 Å². The lowest BCUT2D eigenvalue weighted by atomic mass is 10.0. The molecule has 0 amide bonds. The lowest BCUT2D eigenvalue weighted by Crippen LogP contribution is -2.07.